The number of aromatic nitrogens is 3. The Hall–Kier alpha value is -1.96. The molecule has 1 N–H and O–H groups in total. The van der Waals surface area contributed by atoms with E-state index in [1.807, 2.05) is 0 Å². The molecule has 3 heterocycles. The Balaban J connectivity index is 2.18. The fraction of sp³-hybridized carbons (Fsp3) is 0.455. The van der Waals surface area contributed by atoms with Gasteiger partial charge in [0.05, 0.1) is 5.52 Å². The second kappa shape index (κ2) is 4.30. The highest BCUT2D eigenvalue weighted by Crippen LogP contribution is 2.21. The summed E-state index contributed by atoms with van der Waals surface area (Å²) in [6.45, 7) is 1.43. The molecule has 2 aromatic rings. The molecular formula is C11H12N4O3S. The molecule has 1 saturated heterocycles. The molecule has 19 heavy (non-hydrogen) atoms. The Labute approximate surface area is 111 Å². The van der Waals surface area contributed by atoms with Crippen LogP contribution >= 0.6 is 11.5 Å². The first-order valence-electron chi connectivity index (χ1n) is 5.97. The average molecular weight is 280 g/mol. The lowest BCUT2D eigenvalue weighted by molar-refractivity contribution is 0.0799. The topological polar surface area (TPSA) is 88.1 Å². The minimum Gasteiger partial charge on any atom is -0.338 e. The van der Waals surface area contributed by atoms with Gasteiger partial charge in [-0.15, -0.1) is 0 Å². The van der Waals surface area contributed by atoms with E-state index >= 15 is 0 Å². The van der Waals surface area contributed by atoms with Gasteiger partial charge in [-0.05, 0) is 24.4 Å². The van der Waals surface area contributed by atoms with E-state index in [0.717, 1.165) is 28.9 Å². The number of carbonyl (C=O) groups is 1. The zero-order chi connectivity index (χ0) is 13.6. The number of carbonyl (C=O) groups excluding carboxylic acids is 1. The monoisotopic (exact) mass is 280 g/mol. The first-order chi connectivity index (χ1) is 9.09. The third-order valence-corrected chi connectivity index (χ3v) is 4.16. The van der Waals surface area contributed by atoms with Crippen molar-refractivity contribution in [3.8, 4) is 0 Å². The average Bonchev–Trinajstić information content (AvgIpc) is 3.04. The number of H-pyrrole nitrogens is 1. The summed E-state index contributed by atoms with van der Waals surface area (Å²) in [4.78, 5) is 40.4. The molecular weight excluding hydrogens is 268 g/mol. The molecule has 0 radical (unpaired) electrons. The van der Waals surface area contributed by atoms with Gasteiger partial charge in [0.25, 0.3) is 11.5 Å². The first-order valence-corrected chi connectivity index (χ1v) is 6.75. The van der Waals surface area contributed by atoms with E-state index in [9.17, 15) is 14.4 Å². The number of nitrogens with one attached hydrogen (secondary N) is 1. The van der Waals surface area contributed by atoms with Crippen molar-refractivity contribution in [3.63, 3.8) is 0 Å². The van der Waals surface area contributed by atoms with Gasteiger partial charge in [-0.2, -0.15) is 4.37 Å². The van der Waals surface area contributed by atoms with Crippen molar-refractivity contribution in [1.29, 1.82) is 0 Å². The molecule has 0 saturated carbocycles. The van der Waals surface area contributed by atoms with Crippen molar-refractivity contribution < 1.29 is 4.79 Å². The van der Waals surface area contributed by atoms with Crippen LogP contribution in [0.15, 0.2) is 9.59 Å². The molecule has 100 valence electrons. The van der Waals surface area contributed by atoms with Crippen molar-refractivity contribution in [1.82, 2.24) is 18.8 Å². The predicted molar refractivity (Wildman–Crippen MR) is 70.6 cm³/mol. The predicted octanol–water partition coefficient (Wildman–Crippen LogP) is -0.0807. The van der Waals surface area contributed by atoms with Gasteiger partial charge in [-0.1, -0.05) is 0 Å². The summed E-state index contributed by atoms with van der Waals surface area (Å²) in [6.07, 6.45) is 1.97. The number of nitrogens with zero attached hydrogens (tertiary/aromatic N) is 3. The summed E-state index contributed by atoms with van der Waals surface area (Å²) in [6, 6.07) is 0. The zero-order valence-corrected chi connectivity index (χ0v) is 11.1. The van der Waals surface area contributed by atoms with Crippen LogP contribution in [0, 0.1) is 0 Å². The third-order valence-electron chi connectivity index (χ3n) is 3.32. The van der Waals surface area contributed by atoms with Gasteiger partial charge in [0, 0.05) is 20.1 Å². The van der Waals surface area contributed by atoms with Crippen LogP contribution < -0.4 is 11.2 Å². The largest absolute Gasteiger partial charge is 0.338 e. The molecule has 7 nitrogen and oxygen atoms in total. The van der Waals surface area contributed by atoms with E-state index in [1.165, 1.54) is 7.05 Å². The molecule has 8 heteroatoms. The van der Waals surface area contributed by atoms with Crippen LogP contribution in [-0.4, -0.2) is 37.8 Å². The van der Waals surface area contributed by atoms with Gasteiger partial charge in [0.15, 0.2) is 5.52 Å². The number of amides is 1. The van der Waals surface area contributed by atoms with Gasteiger partial charge in [-0.25, -0.2) is 4.79 Å². The summed E-state index contributed by atoms with van der Waals surface area (Å²) in [5.74, 6) is -0.158. The highest BCUT2D eigenvalue weighted by atomic mass is 32.1. The SMILES string of the molecule is Cn1c(=O)[nH]c2c(C(=O)N3CCCC3)snc2c1=O. The minimum absolute atomic E-state index is 0.148. The molecule has 1 amide bonds. The molecule has 2 aromatic heterocycles. The second-order valence-electron chi connectivity index (χ2n) is 4.53. The molecule has 0 aliphatic carbocycles. The number of hydrogen-bond acceptors (Lipinski definition) is 5. The molecule has 0 aromatic carbocycles. The summed E-state index contributed by atoms with van der Waals surface area (Å²) >= 11 is 0.965. The second-order valence-corrected chi connectivity index (χ2v) is 5.30. The maximum atomic E-state index is 12.3. The van der Waals surface area contributed by atoms with Crippen molar-refractivity contribution >= 4 is 28.5 Å². The minimum atomic E-state index is -0.534. The van der Waals surface area contributed by atoms with E-state index in [0.29, 0.717) is 18.0 Å². The van der Waals surface area contributed by atoms with Crippen LogP contribution in [0.3, 0.4) is 0 Å². The number of rotatable bonds is 1. The number of hydrogen-bond donors (Lipinski definition) is 1. The standard InChI is InChI=1S/C11H12N4O3S/c1-14-9(16)7-6(12-11(14)18)8(19-13-7)10(17)15-4-2-3-5-15/h2-5H2,1H3,(H,12,18). The van der Waals surface area contributed by atoms with Gasteiger partial charge in [0.1, 0.15) is 4.88 Å². The summed E-state index contributed by atoms with van der Waals surface area (Å²) in [7, 11) is 1.38. The summed E-state index contributed by atoms with van der Waals surface area (Å²) < 4.78 is 4.95. The van der Waals surface area contributed by atoms with Crippen molar-refractivity contribution in [2.45, 2.75) is 12.8 Å². The molecule has 0 atom stereocenters. The molecule has 0 unspecified atom stereocenters. The Bertz CT molecular complexity index is 766. The Morgan fingerprint density at radius 2 is 2.00 bits per heavy atom. The molecule has 0 spiro atoms. The Kier molecular flexibility index (Phi) is 2.74. The van der Waals surface area contributed by atoms with Crippen LogP contribution in [-0.2, 0) is 7.05 Å². The lowest BCUT2D eigenvalue weighted by atomic mass is 10.3. The molecule has 1 aliphatic heterocycles. The molecule has 1 fully saturated rings. The van der Waals surface area contributed by atoms with Crippen LogP contribution in [0.2, 0.25) is 0 Å². The van der Waals surface area contributed by atoms with Crippen molar-refractivity contribution in [2.75, 3.05) is 13.1 Å². The van der Waals surface area contributed by atoms with Crippen molar-refractivity contribution in [3.05, 3.63) is 25.7 Å². The quantitative estimate of drug-likeness (QED) is 0.791. The number of likely N-dealkylation sites (tertiary alicyclic amines) is 1. The van der Waals surface area contributed by atoms with Crippen LogP contribution in [0.4, 0.5) is 0 Å². The van der Waals surface area contributed by atoms with E-state index in [4.69, 9.17) is 0 Å². The Morgan fingerprint density at radius 3 is 2.68 bits per heavy atom. The maximum Gasteiger partial charge on any atom is 0.328 e. The maximum absolute atomic E-state index is 12.3. The number of aromatic amines is 1. The lowest BCUT2D eigenvalue weighted by Gasteiger charge is -2.13. The van der Waals surface area contributed by atoms with Gasteiger partial charge in [-0.3, -0.25) is 14.2 Å². The fourth-order valence-electron chi connectivity index (χ4n) is 2.20. The molecule has 3 rings (SSSR count). The number of fused-ring (bicyclic) bond motifs is 1. The molecule has 0 bridgehead atoms. The highest BCUT2D eigenvalue weighted by molar-refractivity contribution is 7.09. The third kappa shape index (κ3) is 1.79. The summed E-state index contributed by atoms with van der Waals surface area (Å²) in [5.41, 5.74) is -0.603. The van der Waals surface area contributed by atoms with Crippen molar-refractivity contribution in [2.24, 2.45) is 7.05 Å². The van der Waals surface area contributed by atoms with Gasteiger partial charge in [0.2, 0.25) is 0 Å². The van der Waals surface area contributed by atoms with Crippen LogP contribution in [0.5, 0.6) is 0 Å². The fourth-order valence-corrected chi connectivity index (χ4v) is 3.00. The van der Waals surface area contributed by atoms with E-state index < -0.39 is 11.2 Å². The Morgan fingerprint density at radius 1 is 1.32 bits per heavy atom. The first kappa shape index (κ1) is 12.1. The summed E-state index contributed by atoms with van der Waals surface area (Å²) in [5, 5.41) is 0. The van der Waals surface area contributed by atoms with E-state index in [2.05, 4.69) is 9.36 Å². The molecule has 1 aliphatic rings. The normalized spacial score (nSPS) is 15.3. The highest BCUT2D eigenvalue weighted by Gasteiger charge is 2.25. The zero-order valence-electron chi connectivity index (χ0n) is 10.3. The van der Waals surface area contributed by atoms with E-state index in [-0.39, 0.29) is 16.9 Å². The lowest BCUT2D eigenvalue weighted by Crippen LogP contribution is -2.33. The van der Waals surface area contributed by atoms with E-state index in [1.54, 1.807) is 4.90 Å². The van der Waals surface area contributed by atoms with Crippen LogP contribution in [0.25, 0.3) is 11.0 Å². The van der Waals surface area contributed by atoms with Gasteiger partial charge >= 0.3 is 5.69 Å². The van der Waals surface area contributed by atoms with Crippen LogP contribution in [0.1, 0.15) is 22.5 Å². The van der Waals surface area contributed by atoms with Gasteiger partial charge < -0.3 is 9.88 Å². The smallest absolute Gasteiger partial charge is 0.328 e.